The van der Waals surface area contributed by atoms with Gasteiger partial charge in [-0.1, -0.05) is 23.7 Å². The first-order chi connectivity index (χ1) is 7.72. The van der Waals surface area contributed by atoms with Crippen LogP contribution in [0.4, 0.5) is 5.69 Å². The number of aryl methyl sites for hydroxylation is 1. The first-order valence-corrected chi connectivity index (χ1v) is 6.47. The molecule has 1 heterocycles. The molecule has 0 bridgehead atoms. The van der Waals surface area contributed by atoms with Gasteiger partial charge in [0, 0.05) is 17.2 Å². The van der Waals surface area contributed by atoms with Gasteiger partial charge in [0.2, 0.25) is 0 Å². The van der Waals surface area contributed by atoms with Crippen molar-refractivity contribution in [2.45, 2.75) is 6.92 Å². The van der Waals surface area contributed by atoms with Gasteiger partial charge in [-0.15, -0.1) is 11.8 Å². The minimum absolute atomic E-state index is 0.696. The summed E-state index contributed by atoms with van der Waals surface area (Å²) >= 11 is 7.87. The molecular weight excluding hydrogens is 240 g/mol. The molecule has 0 radical (unpaired) electrons. The molecule has 0 amide bonds. The number of halogens is 1. The lowest BCUT2D eigenvalue weighted by molar-refractivity contribution is 1.32. The highest BCUT2D eigenvalue weighted by atomic mass is 35.5. The summed E-state index contributed by atoms with van der Waals surface area (Å²) in [7, 11) is 0. The van der Waals surface area contributed by atoms with Crippen LogP contribution in [-0.2, 0) is 0 Å². The number of para-hydroxylation sites is 1. The van der Waals surface area contributed by atoms with Gasteiger partial charge in [0.15, 0.2) is 0 Å². The maximum atomic E-state index is 8.96. The maximum absolute atomic E-state index is 8.96. The molecule has 16 heavy (non-hydrogen) atoms. The topological polar surface area (TPSA) is 35.8 Å². The number of rotatable bonds is 2. The van der Waals surface area contributed by atoms with Gasteiger partial charge in [0.1, 0.15) is 0 Å². The van der Waals surface area contributed by atoms with Crippen LogP contribution in [0.2, 0.25) is 5.02 Å². The van der Waals surface area contributed by atoms with Crippen LogP contribution < -0.4 is 5.32 Å². The Kier molecular flexibility index (Phi) is 3.42. The lowest BCUT2D eigenvalue weighted by atomic mass is 10.2. The molecular formula is C12H11ClN2S. The van der Waals surface area contributed by atoms with Crippen molar-refractivity contribution >= 4 is 29.1 Å². The summed E-state index contributed by atoms with van der Waals surface area (Å²) in [5.41, 5.74) is 3.82. The molecule has 1 N–H and O–H groups in total. The van der Waals surface area contributed by atoms with Crippen LogP contribution in [0.25, 0.3) is 0 Å². The van der Waals surface area contributed by atoms with Crippen LogP contribution in [0.1, 0.15) is 5.56 Å². The third-order valence-electron chi connectivity index (χ3n) is 2.49. The van der Waals surface area contributed by atoms with E-state index in [1.54, 1.807) is 11.8 Å². The van der Waals surface area contributed by atoms with Crippen LogP contribution in [0, 0.1) is 18.3 Å². The zero-order valence-electron chi connectivity index (χ0n) is 8.88. The minimum atomic E-state index is 0.696. The number of thioether (sulfide) groups is 1. The van der Waals surface area contributed by atoms with Crippen molar-refractivity contribution in [3.05, 3.63) is 40.1 Å². The van der Waals surface area contributed by atoms with E-state index < -0.39 is 0 Å². The number of nitrogens with one attached hydrogen (secondary N) is 1. The van der Waals surface area contributed by atoms with Crippen molar-refractivity contribution in [3.8, 4) is 6.07 Å². The third-order valence-corrected chi connectivity index (χ3v) is 3.79. The minimum Gasteiger partial charge on any atom is -0.356 e. The van der Waals surface area contributed by atoms with Crippen LogP contribution in [-0.4, -0.2) is 11.5 Å². The monoisotopic (exact) mass is 250 g/mol. The van der Waals surface area contributed by atoms with E-state index in [-0.39, 0.29) is 0 Å². The highest BCUT2D eigenvalue weighted by Gasteiger charge is 2.16. The number of nitrogens with zero attached hydrogens (tertiary/aromatic N) is 1. The standard InChI is InChI=1S/C12H11ClN2S/c1-8-3-2-4-10(13)12(8)15-11-7-16-6-9(11)5-14/h2-4,15H,6-7H2,1H3. The number of anilines is 1. The molecule has 1 aromatic rings. The Balaban J connectivity index is 2.32. The molecule has 0 unspecified atom stereocenters. The quantitative estimate of drug-likeness (QED) is 0.872. The SMILES string of the molecule is Cc1cccc(Cl)c1NC1=C(C#N)CSC1. The molecule has 2 rings (SSSR count). The lowest BCUT2D eigenvalue weighted by Gasteiger charge is -2.12. The van der Waals surface area contributed by atoms with E-state index in [0.717, 1.165) is 34.0 Å². The first kappa shape index (κ1) is 11.4. The zero-order chi connectivity index (χ0) is 11.5. The van der Waals surface area contributed by atoms with E-state index in [1.165, 1.54) is 0 Å². The molecule has 0 spiro atoms. The predicted molar refractivity (Wildman–Crippen MR) is 69.8 cm³/mol. The molecule has 82 valence electrons. The summed E-state index contributed by atoms with van der Waals surface area (Å²) in [5, 5.41) is 12.9. The summed E-state index contributed by atoms with van der Waals surface area (Å²) in [4.78, 5) is 0. The van der Waals surface area contributed by atoms with E-state index in [1.807, 2.05) is 25.1 Å². The van der Waals surface area contributed by atoms with E-state index in [4.69, 9.17) is 16.9 Å². The van der Waals surface area contributed by atoms with Crippen molar-refractivity contribution in [1.82, 2.24) is 0 Å². The molecule has 2 nitrogen and oxygen atoms in total. The highest BCUT2D eigenvalue weighted by molar-refractivity contribution is 7.99. The van der Waals surface area contributed by atoms with Crippen LogP contribution in [0.3, 0.4) is 0 Å². The second kappa shape index (κ2) is 4.82. The third kappa shape index (κ3) is 2.18. The smallest absolute Gasteiger partial charge is 0.0974 e. The molecule has 0 fully saturated rings. The Hall–Kier alpha value is -1.11. The number of hydrogen-bond donors (Lipinski definition) is 1. The summed E-state index contributed by atoms with van der Waals surface area (Å²) in [6, 6.07) is 8.00. The predicted octanol–water partition coefficient (Wildman–Crippen LogP) is 3.58. The molecule has 0 atom stereocenters. The fraction of sp³-hybridized carbons (Fsp3) is 0.250. The normalized spacial score (nSPS) is 15.1. The zero-order valence-corrected chi connectivity index (χ0v) is 10.5. The van der Waals surface area contributed by atoms with E-state index in [0.29, 0.717) is 5.02 Å². The molecule has 1 aromatic carbocycles. The lowest BCUT2D eigenvalue weighted by Crippen LogP contribution is -2.03. The number of hydrogen-bond acceptors (Lipinski definition) is 3. The Bertz CT molecular complexity index is 468. The van der Waals surface area contributed by atoms with Gasteiger partial charge in [0.05, 0.1) is 22.4 Å². The fourth-order valence-corrected chi connectivity index (χ4v) is 2.85. The van der Waals surface area contributed by atoms with E-state index in [9.17, 15) is 0 Å². The van der Waals surface area contributed by atoms with E-state index >= 15 is 0 Å². The highest BCUT2D eigenvalue weighted by Crippen LogP contribution is 2.31. The Morgan fingerprint density at radius 1 is 1.44 bits per heavy atom. The molecule has 0 saturated heterocycles. The molecule has 4 heteroatoms. The van der Waals surface area contributed by atoms with Gasteiger partial charge in [-0.3, -0.25) is 0 Å². The summed E-state index contributed by atoms with van der Waals surface area (Å²) in [6.07, 6.45) is 0. The second-order valence-corrected chi connectivity index (χ2v) is 5.01. The van der Waals surface area contributed by atoms with Crippen LogP contribution in [0.15, 0.2) is 29.5 Å². The Morgan fingerprint density at radius 3 is 2.94 bits per heavy atom. The molecule has 0 aliphatic carbocycles. The largest absolute Gasteiger partial charge is 0.356 e. The first-order valence-electron chi connectivity index (χ1n) is 4.94. The van der Waals surface area contributed by atoms with E-state index in [2.05, 4.69) is 11.4 Å². The van der Waals surface area contributed by atoms with Gasteiger partial charge in [-0.25, -0.2) is 0 Å². The molecule has 0 saturated carbocycles. The van der Waals surface area contributed by atoms with Gasteiger partial charge >= 0.3 is 0 Å². The van der Waals surface area contributed by atoms with Gasteiger partial charge in [0.25, 0.3) is 0 Å². The van der Waals surface area contributed by atoms with Crippen molar-refractivity contribution in [1.29, 1.82) is 5.26 Å². The van der Waals surface area contributed by atoms with Crippen LogP contribution in [0.5, 0.6) is 0 Å². The number of benzene rings is 1. The van der Waals surface area contributed by atoms with Crippen molar-refractivity contribution < 1.29 is 0 Å². The average molecular weight is 251 g/mol. The molecule has 0 aromatic heterocycles. The summed E-state index contributed by atoms with van der Waals surface area (Å²) < 4.78 is 0. The fourth-order valence-electron chi connectivity index (χ4n) is 1.58. The molecule has 1 aliphatic rings. The van der Waals surface area contributed by atoms with Crippen LogP contribution >= 0.6 is 23.4 Å². The summed E-state index contributed by atoms with van der Waals surface area (Å²) in [6.45, 7) is 2.00. The Morgan fingerprint density at radius 2 is 2.25 bits per heavy atom. The van der Waals surface area contributed by atoms with Gasteiger partial charge < -0.3 is 5.32 Å². The van der Waals surface area contributed by atoms with Crippen molar-refractivity contribution in [2.75, 3.05) is 16.8 Å². The molecule has 1 aliphatic heterocycles. The summed E-state index contributed by atoms with van der Waals surface area (Å²) in [5.74, 6) is 1.65. The second-order valence-electron chi connectivity index (χ2n) is 3.62. The Labute approximate surface area is 104 Å². The van der Waals surface area contributed by atoms with Gasteiger partial charge in [-0.05, 0) is 18.6 Å². The maximum Gasteiger partial charge on any atom is 0.0974 e. The number of nitriles is 1. The van der Waals surface area contributed by atoms with Crippen molar-refractivity contribution in [2.24, 2.45) is 0 Å². The van der Waals surface area contributed by atoms with Gasteiger partial charge in [-0.2, -0.15) is 5.26 Å². The average Bonchev–Trinajstić information content (AvgIpc) is 2.71. The van der Waals surface area contributed by atoms with Crippen molar-refractivity contribution in [3.63, 3.8) is 0 Å².